The summed E-state index contributed by atoms with van der Waals surface area (Å²) in [4.78, 5) is 0. The van der Waals surface area contributed by atoms with E-state index in [2.05, 4.69) is 231 Å². The average Bonchev–Trinajstić information content (AvgIpc) is 3.78. The monoisotopic (exact) mass is 913 g/mol. The summed E-state index contributed by atoms with van der Waals surface area (Å²) in [7, 11) is 0. The van der Waals surface area contributed by atoms with Gasteiger partial charge in [-0.25, -0.2) is 0 Å². The fourth-order valence-electron chi connectivity index (χ4n) is 13.2. The minimum atomic E-state index is -0.0706. The lowest BCUT2D eigenvalue weighted by Crippen LogP contribution is -2.57. The number of hydrogen-bond acceptors (Lipinski definition) is 0. The maximum Gasteiger partial charge on any atom is 0.329 e. The van der Waals surface area contributed by atoms with Crippen molar-refractivity contribution >= 4 is 79.2 Å². The van der Waals surface area contributed by atoms with Crippen LogP contribution in [0.15, 0.2) is 97.1 Å². The van der Waals surface area contributed by atoms with Gasteiger partial charge in [0, 0.05) is 65.9 Å². The van der Waals surface area contributed by atoms with E-state index in [4.69, 9.17) is 0 Å². The molecule has 9 aromatic rings. The lowest BCUT2D eigenvalue weighted by atomic mass is 9.41. The van der Waals surface area contributed by atoms with Crippen molar-refractivity contribution in [3.63, 3.8) is 0 Å². The van der Waals surface area contributed by atoms with Gasteiger partial charge in [-0.2, -0.15) is 0 Å². The summed E-state index contributed by atoms with van der Waals surface area (Å²) in [6.45, 7) is 43.0. The molecular formula is C66H70B2N2. The Morgan fingerprint density at radius 1 is 0.257 bits per heavy atom. The van der Waals surface area contributed by atoms with Gasteiger partial charge in [-0.1, -0.05) is 173 Å². The average molecular weight is 913 g/mol. The molecule has 4 aliphatic heterocycles. The first-order valence-electron chi connectivity index (χ1n) is 26.3. The summed E-state index contributed by atoms with van der Waals surface area (Å²) in [6.07, 6.45) is 0. The molecule has 4 heteroatoms. The zero-order chi connectivity index (χ0) is 49.6. The van der Waals surface area contributed by atoms with Gasteiger partial charge < -0.3 is 8.96 Å². The Bertz CT molecular complexity index is 3620. The van der Waals surface area contributed by atoms with Crippen molar-refractivity contribution in [2.45, 2.75) is 157 Å². The molecule has 0 bridgehead atoms. The quantitative estimate of drug-likeness (QED) is 0.134. The van der Waals surface area contributed by atoms with Crippen LogP contribution >= 0.6 is 0 Å². The van der Waals surface area contributed by atoms with Gasteiger partial charge in [0.1, 0.15) is 0 Å². The summed E-state index contributed by atoms with van der Waals surface area (Å²) in [6, 6.07) is 40.8. The third kappa shape index (κ3) is 5.77. The topological polar surface area (TPSA) is 9.86 Å². The second-order valence-electron chi connectivity index (χ2n) is 28.3. The van der Waals surface area contributed by atoms with Crippen LogP contribution in [0.2, 0.25) is 0 Å². The summed E-state index contributed by atoms with van der Waals surface area (Å²) in [5.74, 6) is 0. The number of fused-ring (bicyclic) bond motifs is 15. The number of benzene rings is 7. The summed E-state index contributed by atoms with van der Waals surface area (Å²) in [5.41, 5.74) is 30.5. The molecule has 0 radical (unpaired) electrons. The molecule has 0 fully saturated rings. The third-order valence-corrected chi connectivity index (χ3v) is 17.4. The molecule has 0 unspecified atom stereocenters. The van der Waals surface area contributed by atoms with Crippen LogP contribution in [0, 0.1) is 0 Å². The third-order valence-electron chi connectivity index (χ3n) is 17.4. The highest BCUT2D eigenvalue weighted by molar-refractivity contribution is 6.91. The van der Waals surface area contributed by atoms with Gasteiger partial charge in [-0.3, -0.25) is 0 Å². The Morgan fingerprint density at radius 3 is 0.814 bits per heavy atom. The molecule has 2 aromatic heterocycles. The van der Waals surface area contributed by atoms with Gasteiger partial charge in [0.25, 0.3) is 0 Å². The summed E-state index contributed by atoms with van der Waals surface area (Å²) < 4.78 is 5.62. The molecule has 0 saturated carbocycles. The van der Waals surface area contributed by atoms with Crippen molar-refractivity contribution in [1.82, 2.24) is 8.96 Å². The minimum absolute atomic E-state index is 0.00480. The normalized spacial score (nSPS) is 14.9. The van der Waals surface area contributed by atoms with E-state index >= 15 is 0 Å². The molecule has 7 aromatic carbocycles. The zero-order valence-corrected chi connectivity index (χ0v) is 45.3. The van der Waals surface area contributed by atoms with Crippen LogP contribution in [-0.2, 0) is 32.5 Å². The SMILES string of the molecule is CC(C)(C)c1ccc2c(c1)B1c3ccc4c(c3-c3cc(C(C)(C)C)cc5c6cc(C(C)(C)C)cc-2c6n1c35)-c1cc(C(C)(C)C)cc2c3cc(C(C)(C)C)cc5c3n(c12)B4c1cc(C(C)(C)C)ccc1-5. The van der Waals surface area contributed by atoms with Crippen molar-refractivity contribution in [3.8, 4) is 44.5 Å². The van der Waals surface area contributed by atoms with Crippen molar-refractivity contribution in [2.75, 3.05) is 0 Å². The second-order valence-corrected chi connectivity index (χ2v) is 28.3. The highest BCUT2D eigenvalue weighted by atomic mass is 15.0. The van der Waals surface area contributed by atoms with E-state index in [0.29, 0.717) is 0 Å². The van der Waals surface area contributed by atoms with E-state index in [1.54, 1.807) is 0 Å². The van der Waals surface area contributed by atoms with Gasteiger partial charge in [-0.15, -0.1) is 0 Å². The maximum absolute atomic E-state index is 2.81. The largest absolute Gasteiger partial charge is 0.375 e. The van der Waals surface area contributed by atoms with Gasteiger partial charge >= 0.3 is 13.7 Å². The Labute approximate surface area is 418 Å². The number of hydrogen-bond donors (Lipinski definition) is 0. The van der Waals surface area contributed by atoms with Crippen molar-refractivity contribution in [2.24, 2.45) is 0 Å². The van der Waals surface area contributed by atoms with Gasteiger partial charge in [-0.05, 0) is 159 Å². The first-order valence-corrected chi connectivity index (χ1v) is 26.3. The van der Waals surface area contributed by atoms with E-state index in [1.165, 1.54) is 143 Å². The maximum atomic E-state index is 2.81. The Kier molecular flexibility index (Phi) is 8.35. The van der Waals surface area contributed by atoms with Crippen molar-refractivity contribution < 1.29 is 0 Å². The van der Waals surface area contributed by atoms with E-state index in [-0.39, 0.29) is 46.2 Å². The standard InChI is InChI=1S/C66H70B2N2/c1-61(2,3)35-19-21-41-43-25-37(63(7,8)9)27-45-47-29-39(65(13,14)15)31-49-55-51(67(53(41)33-35)69(57(43)45)59(47)49)23-24-52-56(55)50-32-40(66(16,17)18)30-48-46-28-38(64(10,11)12)26-44-42-22-20-36(62(4,5)6)34-54(42)68(52)70(58(44)46)60(48)50/h19-34H,1-18H3. The molecule has 0 amide bonds. The molecule has 2 nitrogen and oxygen atoms in total. The van der Waals surface area contributed by atoms with Gasteiger partial charge in [0.05, 0.1) is 0 Å². The van der Waals surface area contributed by atoms with Crippen LogP contribution in [0.25, 0.3) is 88.1 Å². The predicted octanol–water partition coefficient (Wildman–Crippen LogP) is 14.9. The first kappa shape index (κ1) is 44.2. The minimum Gasteiger partial charge on any atom is -0.375 e. The molecule has 70 heavy (non-hydrogen) atoms. The van der Waals surface area contributed by atoms with E-state index in [0.717, 1.165) is 0 Å². The predicted molar refractivity (Wildman–Crippen MR) is 307 cm³/mol. The van der Waals surface area contributed by atoms with Crippen LogP contribution < -0.4 is 21.9 Å². The molecule has 350 valence electrons. The van der Waals surface area contributed by atoms with E-state index in [1.807, 2.05) is 0 Å². The fraction of sp³-hybridized carbons (Fsp3) is 0.364. The lowest BCUT2D eigenvalue weighted by Gasteiger charge is -2.39. The van der Waals surface area contributed by atoms with Crippen LogP contribution in [-0.4, -0.2) is 22.7 Å². The number of aromatic nitrogens is 2. The first-order chi connectivity index (χ1) is 32.5. The van der Waals surface area contributed by atoms with Crippen LogP contribution in [0.3, 0.4) is 0 Å². The molecule has 0 spiro atoms. The highest BCUT2D eigenvalue weighted by Gasteiger charge is 2.47. The van der Waals surface area contributed by atoms with Crippen molar-refractivity contribution in [3.05, 3.63) is 130 Å². The zero-order valence-electron chi connectivity index (χ0n) is 45.3. The molecular weight excluding hydrogens is 842 g/mol. The Balaban J connectivity index is 1.27. The van der Waals surface area contributed by atoms with Crippen LogP contribution in [0.1, 0.15) is 158 Å². The second kappa shape index (κ2) is 13.2. The van der Waals surface area contributed by atoms with Gasteiger partial charge in [0.2, 0.25) is 0 Å². The highest BCUT2D eigenvalue weighted by Crippen LogP contribution is 2.53. The summed E-state index contributed by atoms with van der Waals surface area (Å²) in [5, 5.41) is 5.55. The van der Waals surface area contributed by atoms with E-state index in [9.17, 15) is 0 Å². The summed E-state index contributed by atoms with van der Waals surface area (Å²) >= 11 is 0. The number of nitrogens with zero attached hydrogens (tertiary/aromatic N) is 2. The Hall–Kier alpha value is -5.73. The lowest BCUT2D eigenvalue weighted by molar-refractivity contribution is 0.590. The van der Waals surface area contributed by atoms with Gasteiger partial charge in [0.15, 0.2) is 0 Å². The molecule has 0 saturated heterocycles. The molecule has 0 aliphatic carbocycles. The molecule has 4 aliphatic rings. The molecule has 0 atom stereocenters. The number of rotatable bonds is 0. The van der Waals surface area contributed by atoms with E-state index < -0.39 is 0 Å². The fourth-order valence-corrected chi connectivity index (χ4v) is 13.2. The van der Waals surface area contributed by atoms with Crippen molar-refractivity contribution in [1.29, 1.82) is 0 Å². The Morgan fingerprint density at radius 2 is 0.529 bits per heavy atom. The van der Waals surface area contributed by atoms with Crippen LogP contribution in [0.4, 0.5) is 0 Å². The molecule has 0 N–H and O–H groups in total. The smallest absolute Gasteiger partial charge is 0.329 e. The van der Waals surface area contributed by atoms with Crippen LogP contribution in [0.5, 0.6) is 0 Å². The molecule has 13 rings (SSSR count). The molecule has 6 heterocycles.